The average Bonchev–Trinajstić information content (AvgIpc) is 2.94. The molecule has 9 heteroatoms. The Hall–Kier alpha value is -2.81. The maximum absolute atomic E-state index is 12.4. The molecule has 2 N–H and O–H groups in total. The number of rotatable bonds is 5. The second-order valence-electron chi connectivity index (χ2n) is 5.21. The van der Waals surface area contributed by atoms with Gasteiger partial charge in [0, 0.05) is 31.8 Å². The molecule has 0 fully saturated rings. The highest BCUT2D eigenvalue weighted by Gasteiger charge is 2.23. The zero-order valence-electron chi connectivity index (χ0n) is 13.1. The number of amides is 1. The molecule has 0 aliphatic heterocycles. The molecular formula is C14H18N6O3. The number of nitrogens with zero attached hydrogens (tertiary/aromatic N) is 5. The van der Waals surface area contributed by atoms with E-state index in [0.29, 0.717) is 17.9 Å². The van der Waals surface area contributed by atoms with E-state index in [4.69, 9.17) is 5.73 Å². The minimum absolute atomic E-state index is 0.0563. The van der Waals surface area contributed by atoms with Crippen LogP contribution in [0.4, 0.5) is 5.69 Å². The summed E-state index contributed by atoms with van der Waals surface area (Å²) in [6, 6.07) is 5.85. The number of non-ortho nitro benzene ring substituents is 1. The van der Waals surface area contributed by atoms with Crippen molar-refractivity contribution in [3.63, 3.8) is 0 Å². The zero-order valence-corrected chi connectivity index (χ0v) is 13.1. The van der Waals surface area contributed by atoms with Crippen LogP contribution in [0.2, 0.25) is 0 Å². The van der Waals surface area contributed by atoms with E-state index in [-0.39, 0.29) is 23.3 Å². The smallest absolute Gasteiger partial charge is 0.276 e. The summed E-state index contributed by atoms with van der Waals surface area (Å²) >= 11 is 0. The number of carbonyl (C=O) groups excluding carboxylic acids is 1. The van der Waals surface area contributed by atoms with Gasteiger partial charge in [0.1, 0.15) is 0 Å². The number of aromatic nitrogens is 3. The molecule has 1 aromatic carbocycles. The minimum Gasteiger partial charge on any atom is -0.336 e. The van der Waals surface area contributed by atoms with E-state index in [1.807, 2.05) is 6.92 Å². The van der Waals surface area contributed by atoms with Gasteiger partial charge < -0.3 is 10.6 Å². The molecule has 0 saturated carbocycles. The van der Waals surface area contributed by atoms with E-state index in [1.165, 1.54) is 21.7 Å². The van der Waals surface area contributed by atoms with Crippen molar-refractivity contribution in [2.24, 2.45) is 5.73 Å². The Morgan fingerprint density at radius 3 is 2.83 bits per heavy atom. The standard InChI is InChI=1S/C14H18N6O3/c1-9(8-15)18(3)14(21)13-10(2)19(17-16-13)11-5-4-6-12(7-11)20(22)23/h4-7,9H,8,15H2,1-3H3. The molecular weight excluding hydrogens is 300 g/mol. The second kappa shape index (κ2) is 6.53. The number of hydrogen-bond acceptors (Lipinski definition) is 6. The van der Waals surface area contributed by atoms with Crippen molar-refractivity contribution in [2.75, 3.05) is 13.6 Å². The highest BCUT2D eigenvalue weighted by molar-refractivity contribution is 5.93. The molecule has 2 rings (SSSR count). The van der Waals surface area contributed by atoms with Crippen molar-refractivity contribution in [2.45, 2.75) is 19.9 Å². The molecule has 0 radical (unpaired) electrons. The highest BCUT2D eigenvalue weighted by atomic mass is 16.6. The first-order valence-electron chi connectivity index (χ1n) is 7.01. The lowest BCUT2D eigenvalue weighted by molar-refractivity contribution is -0.384. The lowest BCUT2D eigenvalue weighted by Crippen LogP contribution is -2.40. The third-order valence-electron chi connectivity index (χ3n) is 3.70. The van der Waals surface area contributed by atoms with Crippen LogP contribution in [-0.2, 0) is 0 Å². The van der Waals surface area contributed by atoms with Gasteiger partial charge in [0.2, 0.25) is 0 Å². The first-order valence-corrected chi connectivity index (χ1v) is 7.01. The molecule has 0 saturated heterocycles. The number of benzene rings is 1. The molecule has 0 aliphatic rings. The lowest BCUT2D eigenvalue weighted by atomic mass is 10.2. The molecule has 23 heavy (non-hydrogen) atoms. The first kappa shape index (κ1) is 16.6. The Bertz CT molecular complexity index is 742. The van der Waals surface area contributed by atoms with Gasteiger partial charge in [-0.2, -0.15) is 0 Å². The molecule has 0 bridgehead atoms. The first-order chi connectivity index (χ1) is 10.9. The van der Waals surface area contributed by atoms with Crippen LogP contribution in [0.25, 0.3) is 5.69 Å². The van der Waals surface area contributed by atoms with Gasteiger partial charge in [0.25, 0.3) is 11.6 Å². The number of nitro benzene ring substituents is 1. The zero-order chi connectivity index (χ0) is 17.1. The normalized spacial score (nSPS) is 12.0. The maximum atomic E-state index is 12.4. The molecule has 1 unspecified atom stereocenters. The van der Waals surface area contributed by atoms with Gasteiger partial charge in [-0.3, -0.25) is 14.9 Å². The van der Waals surface area contributed by atoms with Crippen molar-refractivity contribution in [3.05, 3.63) is 45.8 Å². The quantitative estimate of drug-likeness (QED) is 0.646. The summed E-state index contributed by atoms with van der Waals surface area (Å²) in [5, 5.41) is 18.7. The SMILES string of the molecule is Cc1c(C(=O)N(C)C(C)CN)nnn1-c1cccc([N+](=O)[O-])c1. The van der Waals surface area contributed by atoms with Crippen LogP contribution in [0.15, 0.2) is 24.3 Å². The predicted octanol–water partition coefficient (Wildman–Crippen LogP) is 0.903. The third kappa shape index (κ3) is 3.19. The van der Waals surface area contributed by atoms with E-state index in [0.717, 1.165) is 0 Å². The molecule has 2 aromatic rings. The second-order valence-corrected chi connectivity index (χ2v) is 5.21. The Morgan fingerprint density at radius 2 is 2.22 bits per heavy atom. The lowest BCUT2D eigenvalue weighted by Gasteiger charge is -2.22. The largest absolute Gasteiger partial charge is 0.336 e. The van der Waals surface area contributed by atoms with Crippen molar-refractivity contribution < 1.29 is 9.72 Å². The predicted molar refractivity (Wildman–Crippen MR) is 83.4 cm³/mol. The van der Waals surface area contributed by atoms with Crippen LogP contribution in [0.1, 0.15) is 23.1 Å². The van der Waals surface area contributed by atoms with Crippen molar-refractivity contribution in [3.8, 4) is 5.69 Å². The minimum atomic E-state index is -0.488. The molecule has 1 atom stereocenters. The fourth-order valence-electron chi connectivity index (χ4n) is 2.04. The Kier molecular flexibility index (Phi) is 4.70. The summed E-state index contributed by atoms with van der Waals surface area (Å²) in [7, 11) is 1.64. The van der Waals surface area contributed by atoms with Gasteiger partial charge in [-0.05, 0) is 19.9 Å². The van der Waals surface area contributed by atoms with Crippen LogP contribution in [0.3, 0.4) is 0 Å². The third-order valence-corrected chi connectivity index (χ3v) is 3.70. The van der Waals surface area contributed by atoms with Crippen LogP contribution in [-0.4, -0.2) is 50.4 Å². The highest BCUT2D eigenvalue weighted by Crippen LogP contribution is 2.19. The van der Waals surface area contributed by atoms with Gasteiger partial charge in [-0.25, -0.2) is 4.68 Å². The van der Waals surface area contributed by atoms with Crippen LogP contribution < -0.4 is 5.73 Å². The van der Waals surface area contributed by atoms with Gasteiger partial charge in [-0.1, -0.05) is 11.3 Å². The molecule has 1 heterocycles. The van der Waals surface area contributed by atoms with Crippen molar-refractivity contribution in [1.29, 1.82) is 0 Å². The molecule has 122 valence electrons. The fourth-order valence-corrected chi connectivity index (χ4v) is 2.04. The van der Waals surface area contributed by atoms with Crippen molar-refractivity contribution >= 4 is 11.6 Å². The number of nitrogens with two attached hydrogens (primary N) is 1. The van der Waals surface area contributed by atoms with E-state index < -0.39 is 4.92 Å². The summed E-state index contributed by atoms with van der Waals surface area (Å²) in [5.41, 5.74) is 6.68. The summed E-state index contributed by atoms with van der Waals surface area (Å²) in [4.78, 5) is 24.3. The number of likely N-dealkylation sites (N-methyl/N-ethyl adjacent to an activating group) is 1. The monoisotopic (exact) mass is 318 g/mol. The van der Waals surface area contributed by atoms with Crippen LogP contribution in [0.5, 0.6) is 0 Å². The van der Waals surface area contributed by atoms with Gasteiger partial charge in [0.05, 0.1) is 16.3 Å². The number of carbonyl (C=O) groups is 1. The Morgan fingerprint density at radius 1 is 1.52 bits per heavy atom. The van der Waals surface area contributed by atoms with Gasteiger partial charge in [0.15, 0.2) is 5.69 Å². The van der Waals surface area contributed by atoms with Crippen LogP contribution in [0, 0.1) is 17.0 Å². The molecule has 1 aromatic heterocycles. The molecule has 0 aliphatic carbocycles. The Balaban J connectivity index is 2.38. The maximum Gasteiger partial charge on any atom is 0.276 e. The molecule has 0 spiro atoms. The average molecular weight is 318 g/mol. The van der Waals surface area contributed by atoms with Crippen molar-refractivity contribution in [1.82, 2.24) is 19.9 Å². The molecule has 9 nitrogen and oxygen atoms in total. The van der Waals surface area contributed by atoms with Gasteiger partial charge >= 0.3 is 0 Å². The summed E-state index contributed by atoms with van der Waals surface area (Å²) in [6.45, 7) is 3.85. The number of hydrogen-bond donors (Lipinski definition) is 1. The van der Waals surface area contributed by atoms with Gasteiger partial charge in [-0.15, -0.1) is 5.10 Å². The summed E-state index contributed by atoms with van der Waals surface area (Å²) < 4.78 is 1.40. The van der Waals surface area contributed by atoms with E-state index in [2.05, 4.69) is 10.3 Å². The Labute approximate surface area is 132 Å². The summed E-state index contributed by atoms with van der Waals surface area (Å²) in [5.74, 6) is -0.294. The number of nitro groups is 1. The van der Waals surface area contributed by atoms with E-state index >= 15 is 0 Å². The fraction of sp³-hybridized carbons (Fsp3) is 0.357. The van der Waals surface area contributed by atoms with E-state index in [9.17, 15) is 14.9 Å². The summed E-state index contributed by atoms with van der Waals surface area (Å²) in [6.07, 6.45) is 0. The molecule has 1 amide bonds. The topological polar surface area (TPSA) is 120 Å². The van der Waals surface area contributed by atoms with E-state index in [1.54, 1.807) is 26.1 Å². The van der Waals surface area contributed by atoms with Crippen LogP contribution >= 0.6 is 0 Å².